The highest BCUT2D eigenvalue weighted by Gasteiger charge is 2.23. The van der Waals surface area contributed by atoms with Gasteiger partial charge in [0.2, 0.25) is 6.54 Å². The molecule has 0 aliphatic rings. The lowest BCUT2D eigenvalue weighted by Gasteiger charge is -2.15. The number of nitro groups is 1. The quantitative estimate of drug-likeness (QED) is 0.285. The van der Waals surface area contributed by atoms with Crippen LogP contribution in [0.4, 0.5) is 0 Å². The number of hydrogen-bond acceptors (Lipinski definition) is 4. The van der Waals surface area contributed by atoms with Gasteiger partial charge in [0.1, 0.15) is 5.71 Å². The fourth-order valence-corrected chi connectivity index (χ4v) is 0.541. The fourth-order valence-electron chi connectivity index (χ4n) is 0.541. The molecular formula is C6H12N2O3. The van der Waals surface area contributed by atoms with E-state index in [1.54, 1.807) is 20.8 Å². The van der Waals surface area contributed by atoms with E-state index in [1.807, 2.05) is 0 Å². The first-order chi connectivity index (χ1) is 4.88. The molecule has 0 bridgehead atoms. The molecule has 0 aliphatic carbocycles. The molecule has 0 aromatic carbocycles. The highest BCUT2D eigenvalue weighted by Crippen LogP contribution is 2.15. The van der Waals surface area contributed by atoms with E-state index in [9.17, 15) is 10.1 Å². The van der Waals surface area contributed by atoms with Crippen LogP contribution < -0.4 is 0 Å². The van der Waals surface area contributed by atoms with E-state index in [0.29, 0.717) is 0 Å². The van der Waals surface area contributed by atoms with Crippen molar-refractivity contribution in [3.05, 3.63) is 10.1 Å². The zero-order valence-electron chi connectivity index (χ0n) is 6.87. The van der Waals surface area contributed by atoms with E-state index in [1.165, 1.54) is 0 Å². The van der Waals surface area contributed by atoms with Crippen LogP contribution in [0.25, 0.3) is 0 Å². The highest BCUT2D eigenvalue weighted by atomic mass is 16.6. The standard InChI is InChI=1S/C6H12N2O3/c1-6(2,3)5(7-9)4-8(10)11/h9H,4H2,1-3H3/b7-5-. The van der Waals surface area contributed by atoms with Gasteiger partial charge in [-0.15, -0.1) is 0 Å². The molecule has 0 radical (unpaired) electrons. The van der Waals surface area contributed by atoms with Crippen LogP contribution in [0.2, 0.25) is 0 Å². The third-order valence-corrected chi connectivity index (χ3v) is 1.27. The van der Waals surface area contributed by atoms with Crippen molar-refractivity contribution in [1.29, 1.82) is 0 Å². The number of hydrogen-bond donors (Lipinski definition) is 1. The zero-order valence-corrected chi connectivity index (χ0v) is 6.87. The van der Waals surface area contributed by atoms with E-state index in [2.05, 4.69) is 5.16 Å². The lowest BCUT2D eigenvalue weighted by Crippen LogP contribution is -2.27. The number of nitrogens with zero attached hydrogens (tertiary/aromatic N) is 2. The van der Waals surface area contributed by atoms with Crippen LogP contribution in [0.15, 0.2) is 5.16 Å². The first kappa shape index (κ1) is 9.87. The van der Waals surface area contributed by atoms with Gasteiger partial charge in [-0.25, -0.2) is 0 Å². The molecule has 11 heavy (non-hydrogen) atoms. The Kier molecular flexibility index (Phi) is 2.98. The second-order valence-electron chi connectivity index (χ2n) is 3.29. The lowest BCUT2D eigenvalue weighted by molar-refractivity contribution is -0.464. The Bertz CT molecular complexity index is 181. The van der Waals surface area contributed by atoms with Crippen molar-refractivity contribution < 1.29 is 10.1 Å². The summed E-state index contributed by atoms with van der Waals surface area (Å²) >= 11 is 0. The molecule has 0 saturated carbocycles. The van der Waals surface area contributed by atoms with E-state index in [0.717, 1.165) is 0 Å². The van der Waals surface area contributed by atoms with E-state index in [4.69, 9.17) is 5.21 Å². The normalized spacial score (nSPS) is 13.2. The average molecular weight is 160 g/mol. The third-order valence-electron chi connectivity index (χ3n) is 1.27. The van der Waals surface area contributed by atoms with Gasteiger partial charge in [-0.3, -0.25) is 10.1 Å². The van der Waals surface area contributed by atoms with Crippen molar-refractivity contribution in [1.82, 2.24) is 0 Å². The SMILES string of the molecule is CC(C)(C)/C(C[N+](=O)[O-])=N\O. The summed E-state index contributed by atoms with van der Waals surface area (Å²) in [6, 6.07) is 0. The smallest absolute Gasteiger partial charge is 0.245 e. The van der Waals surface area contributed by atoms with Crippen LogP contribution in [0, 0.1) is 15.5 Å². The molecule has 0 heterocycles. The average Bonchev–Trinajstić information content (AvgIpc) is 1.79. The van der Waals surface area contributed by atoms with Crippen LogP contribution in [0.1, 0.15) is 20.8 Å². The van der Waals surface area contributed by atoms with Crippen LogP contribution in [-0.4, -0.2) is 22.4 Å². The molecular weight excluding hydrogens is 148 g/mol. The van der Waals surface area contributed by atoms with Crippen molar-refractivity contribution >= 4 is 5.71 Å². The maximum atomic E-state index is 10.0. The van der Waals surface area contributed by atoms with E-state index >= 15 is 0 Å². The minimum atomic E-state index is -0.514. The maximum absolute atomic E-state index is 10.0. The Morgan fingerprint density at radius 3 is 2.18 bits per heavy atom. The number of oxime groups is 1. The molecule has 0 rings (SSSR count). The molecule has 0 unspecified atom stereocenters. The van der Waals surface area contributed by atoms with E-state index < -0.39 is 16.9 Å². The number of rotatable bonds is 2. The van der Waals surface area contributed by atoms with Crippen molar-refractivity contribution in [2.24, 2.45) is 10.6 Å². The summed E-state index contributed by atoms with van der Waals surface area (Å²) in [5, 5.41) is 21.3. The Balaban J connectivity index is 4.33. The van der Waals surface area contributed by atoms with Gasteiger partial charge in [0.05, 0.1) is 0 Å². The summed E-state index contributed by atoms with van der Waals surface area (Å²) < 4.78 is 0. The molecule has 0 spiro atoms. The van der Waals surface area contributed by atoms with Gasteiger partial charge in [-0.2, -0.15) is 0 Å². The first-order valence-electron chi connectivity index (χ1n) is 3.21. The summed E-state index contributed by atoms with van der Waals surface area (Å²) in [6.45, 7) is 4.86. The Morgan fingerprint density at radius 2 is 2.09 bits per heavy atom. The lowest BCUT2D eigenvalue weighted by atomic mass is 9.90. The molecule has 0 saturated heterocycles. The van der Waals surface area contributed by atoms with Gasteiger partial charge in [0.15, 0.2) is 0 Å². The second kappa shape index (κ2) is 3.32. The molecule has 1 N–H and O–H groups in total. The zero-order chi connectivity index (χ0) is 9.07. The predicted octanol–water partition coefficient (Wildman–Crippen LogP) is 1.14. The topological polar surface area (TPSA) is 75.7 Å². The van der Waals surface area contributed by atoms with Gasteiger partial charge >= 0.3 is 0 Å². The summed E-state index contributed by atoms with van der Waals surface area (Å²) in [7, 11) is 0. The molecule has 0 amide bonds. The molecule has 5 heteroatoms. The summed E-state index contributed by atoms with van der Waals surface area (Å²) in [5.41, 5.74) is -0.260. The molecule has 0 atom stereocenters. The molecule has 64 valence electrons. The molecule has 0 aliphatic heterocycles. The van der Waals surface area contributed by atoms with Crippen LogP contribution in [-0.2, 0) is 0 Å². The fraction of sp³-hybridized carbons (Fsp3) is 0.833. The summed E-state index contributed by atoms with van der Waals surface area (Å²) in [6.07, 6.45) is 0. The molecule has 0 aromatic rings. The maximum Gasteiger partial charge on any atom is 0.245 e. The van der Waals surface area contributed by atoms with Crippen molar-refractivity contribution in [3.63, 3.8) is 0 Å². The third kappa shape index (κ3) is 3.54. The minimum Gasteiger partial charge on any atom is -0.411 e. The Morgan fingerprint density at radius 1 is 1.64 bits per heavy atom. The monoisotopic (exact) mass is 160 g/mol. The molecule has 0 aromatic heterocycles. The van der Waals surface area contributed by atoms with Crippen LogP contribution in [0.3, 0.4) is 0 Å². The minimum absolute atomic E-state index is 0.183. The first-order valence-corrected chi connectivity index (χ1v) is 3.21. The van der Waals surface area contributed by atoms with Gasteiger partial charge in [0, 0.05) is 10.3 Å². The van der Waals surface area contributed by atoms with Gasteiger partial charge < -0.3 is 5.21 Å². The Hall–Kier alpha value is -1.13. The largest absolute Gasteiger partial charge is 0.411 e. The van der Waals surface area contributed by atoms with Crippen molar-refractivity contribution in [2.45, 2.75) is 20.8 Å². The molecule has 0 fully saturated rings. The highest BCUT2D eigenvalue weighted by molar-refractivity contribution is 5.89. The van der Waals surface area contributed by atoms with Crippen LogP contribution >= 0.6 is 0 Å². The summed E-state index contributed by atoms with van der Waals surface area (Å²) in [5.74, 6) is 0. The molecule has 5 nitrogen and oxygen atoms in total. The van der Waals surface area contributed by atoms with Gasteiger partial charge in [0.25, 0.3) is 0 Å². The second-order valence-corrected chi connectivity index (χ2v) is 3.29. The van der Waals surface area contributed by atoms with Crippen molar-refractivity contribution in [3.8, 4) is 0 Å². The predicted molar refractivity (Wildman–Crippen MR) is 40.5 cm³/mol. The van der Waals surface area contributed by atoms with E-state index in [-0.39, 0.29) is 5.71 Å². The van der Waals surface area contributed by atoms with Crippen LogP contribution in [0.5, 0.6) is 0 Å². The van der Waals surface area contributed by atoms with Crippen molar-refractivity contribution in [2.75, 3.05) is 6.54 Å². The summed E-state index contributed by atoms with van der Waals surface area (Å²) in [4.78, 5) is 9.52. The Labute approximate surface area is 64.9 Å². The van der Waals surface area contributed by atoms with Gasteiger partial charge in [-0.1, -0.05) is 25.9 Å². The van der Waals surface area contributed by atoms with Gasteiger partial charge in [-0.05, 0) is 0 Å².